The van der Waals surface area contributed by atoms with Gasteiger partial charge in [-0.25, -0.2) is 8.42 Å². The molecule has 6 nitrogen and oxygen atoms in total. The second kappa shape index (κ2) is 10.7. The minimum absolute atomic E-state index is 0.0249. The highest BCUT2D eigenvalue weighted by atomic mass is 32.2. The Labute approximate surface area is 197 Å². The quantitative estimate of drug-likeness (QED) is 0.509. The highest BCUT2D eigenvalue weighted by molar-refractivity contribution is 7.91. The average Bonchev–Trinajstić information content (AvgIpc) is 2.90. The predicted octanol–water partition coefficient (Wildman–Crippen LogP) is 4.91. The van der Waals surface area contributed by atoms with Gasteiger partial charge in [-0.3, -0.25) is 10.1 Å². The van der Waals surface area contributed by atoms with Gasteiger partial charge in [-0.05, 0) is 54.5 Å². The number of rotatable bonds is 10. The van der Waals surface area contributed by atoms with Crippen molar-refractivity contribution in [2.45, 2.75) is 75.3 Å². The summed E-state index contributed by atoms with van der Waals surface area (Å²) in [4.78, 5) is 11.3. The third kappa shape index (κ3) is 5.76. The SMILES string of the molecule is CCCC[C@]1(CC)CS(=O)(=O)c2cc(CCCC(=O)O)c(OC)cc2[C@@H](c2ccccc2)N1. The van der Waals surface area contributed by atoms with E-state index in [-0.39, 0.29) is 18.2 Å². The molecule has 0 aliphatic carbocycles. The van der Waals surface area contributed by atoms with Crippen molar-refractivity contribution in [1.29, 1.82) is 0 Å². The van der Waals surface area contributed by atoms with Crippen LogP contribution in [0.5, 0.6) is 5.75 Å². The van der Waals surface area contributed by atoms with E-state index in [1.54, 1.807) is 13.2 Å². The normalized spacial score (nSPS) is 21.7. The standard InChI is InChI=1S/C26H35NO5S/c1-4-6-15-26(5-2)18-33(30,31)23-16-20(13-10-14-24(28)29)22(32-3)17-21(23)25(27-26)19-11-8-7-9-12-19/h7-9,11-12,16-17,25,27H,4-6,10,13-15,18H2,1-3H3,(H,28,29)/t25-,26-/m1/s1. The van der Waals surface area contributed by atoms with Gasteiger partial charge in [0, 0.05) is 12.0 Å². The van der Waals surface area contributed by atoms with Crippen LogP contribution in [-0.4, -0.2) is 37.9 Å². The minimum atomic E-state index is -3.59. The molecule has 2 aromatic carbocycles. The van der Waals surface area contributed by atoms with Crippen LogP contribution in [0.3, 0.4) is 0 Å². The maximum Gasteiger partial charge on any atom is 0.303 e. The van der Waals surface area contributed by atoms with Crippen molar-refractivity contribution in [3.05, 3.63) is 59.2 Å². The Balaban J connectivity index is 2.18. The molecule has 7 heteroatoms. The number of methoxy groups -OCH3 is 1. The topological polar surface area (TPSA) is 92.7 Å². The lowest BCUT2D eigenvalue weighted by molar-refractivity contribution is -0.137. The van der Waals surface area contributed by atoms with Crippen molar-refractivity contribution >= 4 is 15.8 Å². The molecule has 1 aliphatic rings. The molecule has 3 rings (SSSR count). The van der Waals surface area contributed by atoms with Crippen LogP contribution < -0.4 is 10.1 Å². The van der Waals surface area contributed by atoms with Crippen molar-refractivity contribution in [2.24, 2.45) is 0 Å². The Kier molecular flexibility index (Phi) is 8.19. The first kappa shape index (κ1) is 25.2. The summed E-state index contributed by atoms with van der Waals surface area (Å²) in [6.07, 6.45) is 4.30. The lowest BCUT2D eigenvalue weighted by Crippen LogP contribution is -2.50. The van der Waals surface area contributed by atoms with E-state index in [1.165, 1.54) is 0 Å². The van der Waals surface area contributed by atoms with E-state index in [1.807, 2.05) is 43.3 Å². The number of carbonyl (C=O) groups is 1. The fourth-order valence-electron chi connectivity index (χ4n) is 4.74. The first-order valence-electron chi connectivity index (χ1n) is 11.7. The Morgan fingerprint density at radius 3 is 2.52 bits per heavy atom. The van der Waals surface area contributed by atoms with Gasteiger partial charge in [0.25, 0.3) is 0 Å². The highest BCUT2D eigenvalue weighted by Gasteiger charge is 2.42. The second-order valence-electron chi connectivity index (χ2n) is 8.93. The van der Waals surface area contributed by atoms with E-state index in [0.29, 0.717) is 35.5 Å². The number of unbranched alkanes of at least 4 members (excludes halogenated alkanes) is 1. The molecule has 0 radical (unpaired) electrons. The maximum atomic E-state index is 13.8. The summed E-state index contributed by atoms with van der Waals surface area (Å²) in [6, 6.07) is 13.2. The fraction of sp³-hybridized carbons (Fsp3) is 0.500. The number of hydrogen-bond acceptors (Lipinski definition) is 5. The van der Waals surface area contributed by atoms with E-state index < -0.39 is 21.3 Å². The fourth-order valence-corrected chi connectivity index (χ4v) is 6.92. The summed E-state index contributed by atoms with van der Waals surface area (Å²) in [5.74, 6) is -0.240. The first-order valence-corrected chi connectivity index (χ1v) is 13.4. The van der Waals surface area contributed by atoms with Crippen LogP contribution >= 0.6 is 0 Å². The zero-order valence-electron chi connectivity index (χ0n) is 19.8. The summed E-state index contributed by atoms with van der Waals surface area (Å²) in [5.41, 5.74) is 1.88. The molecule has 0 aromatic heterocycles. The monoisotopic (exact) mass is 473 g/mol. The molecule has 0 spiro atoms. The van der Waals surface area contributed by atoms with E-state index in [0.717, 1.165) is 30.4 Å². The van der Waals surface area contributed by atoms with Gasteiger partial charge in [0.1, 0.15) is 5.75 Å². The summed E-state index contributed by atoms with van der Waals surface area (Å²) < 4.78 is 33.2. The molecule has 0 saturated carbocycles. The number of benzene rings is 2. The molecule has 0 unspecified atom stereocenters. The van der Waals surface area contributed by atoms with Crippen LogP contribution in [0.4, 0.5) is 0 Å². The number of sulfone groups is 1. The van der Waals surface area contributed by atoms with Gasteiger partial charge < -0.3 is 9.84 Å². The molecule has 2 N–H and O–H groups in total. The number of hydrogen-bond donors (Lipinski definition) is 2. The van der Waals surface area contributed by atoms with Gasteiger partial charge in [-0.2, -0.15) is 0 Å². The Morgan fingerprint density at radius 2 is 1.91 bits per heavy atom. The van der Waals surface area contributed by atoms with Gasteiger partial charge in [-0.1, -0.05) is 57.0 Å². The van der Waals surface area contributed by atoms with E-state index in [9.17, 15) is 13.2 Å². The zero-order chi connectivity index (χ0) is 24.1. The maximum absolute atomic E-state index is 13.8. The largest absolute Gasteiger partial charge is 0.496 e. The third-order valence-electron chi connectivity index (χ3n) is 6.63. The van der Waals surface area contributed by atoms with E-state index in [2.05, 4.69) is 12.2 Å². The summed E-state index contributed by atoms with van der Waals surface area (Å²) in [6.45, 7) is 4.17. The summed E-state index contributed by atoms with van der Waals surface area (Å²) in [7, 11) is -2.03. The molecule has 0 amide bonds. The van der Waals surface area contributed by atoms with Crippen LogP contribution in [-0.2, 0) is 21.1 Å². The van der Waals surface area contributed by atoms with Gasteiger partial charge in [0.15, 0.2) is 9.84 Å². The third-order valence-corrected chi connectivity index (χ3v) is 8.59. The number of aryl methyl sites for hydroxylation is 1. The highest BCUT2D eigenvalue weighted by Crippen LogP contribution is 2.41. The van der Waals surface area contributed by atoms with Gasteiger partial charge in [0.2, 0.25) is 0 Å². The molecule has 0 bridgehead atoms. The number of ether oxygens (including phenoxy) is 1. The van der Waals surface area contributed by atoms with Crippen molar-refractivity contribution < 1.29 is 23.1 Å². The van der Waals surface area contributed by atoms with Gasteiger partial charge in [-0.15, -0.1) is 0 Å². The van der Waals surface area contributed by atoms with Crippen LogP contribution in [0.15, 0.2) is 47.4 Å². The number of aliphatic carboxylic acids is 1. The molecule has 2 aromatic rings. The molecular weight excluding hydrogens is 438 g/mol. The van der Waals surface area contributed by atoms with Crippen LogP contribution in [0.25, 0.3) is 0 Å². The van der Waals surface area contributed by atoms with E-state index >= 15 is 0 Å². The molecule has 0 fully saturated rings. The molecule has 2 atom stereocenters. The van der Waals surface area contributed by atoms with Gasteiger partial charge >= 0.3 is 5.97 Å². The number of nitrogens with one attached hydrogen (secondary N) is 1. The molecule has 0 saturated heterocycles. The molecule has 180 valence electrons. The van der Waals surface area contributed by atoms with Gasteiger partial charge in [0.05, 0.1) is 23.8 Å². The lowest BCUT2D eigenvalue weighted by atomic mass is 9.87. The Bertz CT molecular complexity index is 1070. The van der Waals surface area contributed by atoms with Crippen LogP contribution in [0, 0.1) is 0 Å². The molecule has 1 heterocycles. The number of carboxylic acid groups (broad SMARTS) is 1. The Hall–Kier alpha value is -2.38. The minimum Gasteiger partial charge on any atom is -0.496 e. The predicted molar refractivity (Wildman–Crippen MR) is 130 cm³/mol. The van der Waals surface area contributed by atoms with Crippen molar-refractivity contribution in [2.75, 3.05) is 12.9 Å². The second-order valence-corrected chi connectivity index (χ2v) is 10.9. The molecular formula is C26H35NO5S. The first-order chi connectivity index (χ1) is 15.7. The van der Waals surface area contributed by atoms with Crippen molar-refractivity contribution in [3.63, 3.8) is 0 Å². The van der Waals surface area contributed by atoms with Crippen molar-refractivity contribution in [3.8, 4) is 5.75 Å². The van der Waals surface area contributed by atoms with Crippen LogP contribution in [0.2, 0.25) is 0 Å². The number of fused-ring (bicyclic) bond motifs is 1. The average molecular weight is 474 g/mol. The molecule has 1 aliphatic heterocycles. The molecule has 33 heavy (non-hydrogen) atoms. The zero-order valence-corrected chi connectivity index (χ0v) is 20.6. The lowest BCUT2D eigenvalue weighted by Gasteiger charge is -2.36. The van der Waals surface area contributed by atoms with Crippen LogP contribution in [0.1, 0.15) is 75.1 Å². The smallest absolute Gasteiger partial charge is 0.303 e. The summed E-state index contributed by atoms with van der Waals surface area (Å²) in [5, 5.41) is 12.8. The number of carboxylic acids is 1. The Morgan fingerprint density at radius 1 is 1.18 bits per heavy atom. The summed E-state index contributed by atoms with van der Waals surface area (Å²) >= 11 is 0. The van der Waals surface area contributed by atoms with Crippen molar-refractivity contribution in [1.82, 2.24) is 5.32 Å². The van der Waals surface area contributed by atoms with E-state index in [4.69, 9.17) is 9.84 Å².